The van der Waals surface area contributed by atoms with Crippen LogP contribution in [-0.2, 0) is 18.9 Å². The van der Waals surface area contributed by atoms with Gasteiger partial charge in [-0.2, -0.15) is 15.0 Å². The molecule has 32 nitrogen and oxygen atoms in total. The molecule has 0 aliphatic carbocycles. The van der Waals surface area contributed by atoms with Crippen molar-refractivity contribution in [2.75, 3.05) is 43.6 Å². The zero-order chi connectivity index (χ0) is 50.3. The molecule has 19 N–H and O–H groups in total. The summed E-state index contributed by atoms with van der Waals surface area (Å²) in [6.07, 6.45) is -13.4. The van der Waals surface area contributed by atoms with E-state index in [1.54, 1.807) is 0 Å². The molecule has 8 heterocycles. The van der Waals surface area contributed by atoms with Crippen molar-refractivity contribution in [1.29, 1.82) is 0 Å². The third kappa shape index (κ3) is 11.7. The highest BCUT2D eigenvalue weighted by Gasteiger charge is 2.46. The fraction of sp³-hybridized carbons (Fsp3) is 0.556. The van der Waals surface area contributed by atoms with E-state index in [1.807, 2.05) is 4.98 Å². The van der Waals surface area contributed by atoms with Gasteiger partial charge in [-0.25, -0.2) is 19.2 Å². The number of ether oxygens (including phenoxy) is 4. The molecule has 8 rings (SSSR count). The zero-order valence-corrected chi connectivity index (χ0v) is 35.1. The third-order valence-electron chi connectivity index (χ3n) is 10.6. The summed E-state index contributed by atoms with van der Waals surface area (Å²) in [4.78, 5) is 69.3. The van der Waals surface area contributed by atoms with Gasteiger partial charge in [0.1, 0.15) is 90.7 Å². The first-order valence-corrected chi connectivity index (χ1v) is 20.0. The highest BCUT2D eigenvalue weighted by Crippen LogP contribution is 2.31. The summed E-state index contributed by atoms with van der Waals surface area (Å²) in [5, 5.41) is 113. The van der Waals surface area contributed by atoms with Gasteiger partial charge in [0.25, 0.3) is 5.56 Å². The molecular formula is C36H51N11O21. The first-order chi connectivity index (χ1) is 32.2. The molecule has 376 valence electrons. The van der Waals surface area contributed by atoms with Gasteiger partial charge in [0.15, 0.2) is 24.9 Å². The number of nitrogens with two attached hydrogens (primary N) is 3. The lowest BCUT2D eigenvalue weighted by Gasteiger charge is -2.16. The maximum Gasteiger partial charge on any atom is 0.351 e. The Labute approximate surface area is 378 Å². The molecule has 68 heavy (non-hydrogen) atoms. The quantitative estimate of drug-likeness (QED) is 0.0779. The standard InChI is InChI=1S/3C9H13N3O5.C9H12N2O6/c3*10-5-1-2-12(9(16)11-5)8-7(15)6(14)4(3-13)17-8;12-3-4-6(14)7(15)8(17-4)11-2-1-5(13)10-9(11)16/h3*1-2,4,6-8,13-15H,3H2,(H2,10,11,16);1-2,4,6-8,12,14-15H,3H2,(H,10,13,16)/t4*4-,6-,7-,8-/m1111/s1. The van der Waals surface area contributed by atoms with Crippen LogP contribution in [0.25, 0.3) is 0 Å². The van der Waals surface area contributed by atoms with Crippen LogP contribution in [-0.4, -0.2) is 199 Å². The van der Waals surface area contributed by atoms with E-state index in [1.165, 1.54) is 36.8 Å². The normalized spacial score (nSPS) is 32.9. The van der Waals surface area contributed by atoms with Gasteiger partial charge in [-0.1, -0.05) is 0 Å². The fourth-order valence-corrected chi connectivity index (χ4v) is 6.93. The summed E-state index contributed by atoms with van der Waals surface area (Å²) in [7, 11) is 0. The fourth-order valence-electron chi connectivity index (χ4n) is 6.93. The van der Waals surface area contributed by atoms with Crippen LogP contribution in [0.5, 0.6) is 0 Å². The molecule has 4 aromatic rings. The summed E-state index contributed by atoms with van der Waals surface area (Å²) in [5.41, 5.74) is 12.6. The number of nitrogens with one attached hydrogen (secondary N) is 1. The van der Waals surface area contributed by atoms with Crippen LogP contribution in [0.3, 0.4) is 0 Å². The minimum absolute atomic E-state index is 0.0537. The molecule has 32 heteroatoms. The molecule has 4 aliphatic heterocycles. The topological polar surface area (TPSA) is 517 Å². The SMILES string of the molecule is Nc1ccn([C@@H]2O[C@H](CO)[C@@H](O)[C@H]2O)c(=O)n1.Nc1ccn([C@@H]2O[C@H](CO)[C@@H](O)[C@H]2O)c(=O)n1.Nc1ccn([C@@H]2O[C@H](CO)[C@@H](O)[C@H]2O)c(=O)n1.O=c1ccn([C@@H]2O[C@H](CO)[C@@H](O)[C@H]2O)c(=O)[nH]1. The Hall–Kier alpha value is -5.92. The van der Waals surface area contributed by atoms with Crippen molar-refractivity contribution in [2.45, 2.75) is 98.2 Å². The molecule has 4 fully saturated rings. The van der Waals surface area contributed by atoms with Crippen molar-refractivity contribution >= 4 is 17.5 Å². The number of hydrogen-bond donors (Lipinski definition) is 16. The summed E-state index contributed by atoms with van der Waals surface area (Å²) < 4.78 is 24.6. The summed E-state index contributed by atoms with van der Waals surface area (Å²) in [6.45, 7) is -1.84. The maximum absolute atomic E-state index is 11.5. The Kier molecular flexibility index (Phi) is 17.9. The van der Waals surface area contributed by atoms with Crippen LogP contribution in [0.2, 0.25) is 0 Å². The number of aliphatic hydroxyl groups is 12. The van der Waals surface area contributed by atoms with Gasteiger partial charge >= 0.3 is 22.8 Å². The van der Waals surface area contributed by atoms with Crippen molar-refractivity contribution in [3.05, 3.63) is 101 Å². The van der Waals surface area contributed by atoms with E-state index < -0.39 is 153 Å². The number of nitrogen functional groups attached to an aromatic ring is 3. The van der Waals surface area contributed by atoms with Crippen LogP contribution >= 0.6 is 0 Å². The summed E-state index contributed by atoms with van der Waals surface area (Å²) >= 11 is 0. The first-order valence-electron chi connectivity index (χ1n) is 20.0. The highest BCUT2D eigenvalue weighted by molar-refractivity contribution is 5.25. The molecule has 0 unspecified atom stereocenters. The number of aromatic amines is 1. The van der Waals surface area contributed by atoms with E-state index in [4.69, 9.17) is 56.6 Å². The maximum atomic E-state index is 11.5. The predicted molar refractivity (Wildman–Crippen MR) is 222 cm³/mol. The number of rotatable bonds is 8. The smallest absolute Gasteiger partial charge is 0.351 e. The molecule has 0 saturated carbocycles. The summed E-state index contributed by atoms with van der Waals surface area (Å²) in [6, 6.07) is 5.21. The van der Waals surface area contributed by atoms with E-state index in [-0.39, 0.29) is 17.5 Å². The molecular weight excluding hydrogens is 922 g/mol. The van der Waals surface area contributed by atoms with Crippen LogP contribution in [0, 0.1) is 0 Å². The van der Waals surface area contributed by atoms with E-state index in [2.05, 4.69) is 15.0 Å². The lowest BCUT2D eigenvalue weighted by atomic mass is 10.1. The second-order valence-electron chi connectivity index (χ2n) is 15.1. The molecule has 0 aromatic carbocycles. The third-order valence-corrected chi connectivity index (χ3v) is 10.6. The average Bonchev–Trinajstić information content (AvgIpc) is 3.96. The van der Waals surface area contributed by atoms with Crippen LogP contribution < -0.4 is 45.5 Å². The van der Waals surface area contributed by atoms with E-state index >= 15 is 0 Å². The van der Waals surface area contributed by atoms with E-state index in [0.717, 1.165) is 30.5 Å². The number of anilines is 3. The second-order valence-corrected chi connectivity index (χ2v) is 15.1. The van der Waals surface area contributed by atoms with Gasteiger partial charge in [0, 0.05) is 30.9 Å². The Morgan fingerprint density at radius 2 is 0.676 bits per heavy atom. The number of nitrogens with zero attached hydrogens (tertiary/aromatic N) is 7. The van der Waals surface area contributed by atoms with Gasteiger partial charge in [-0.3, -0.25) is 28.0 Å². The molecule has 4 saturated heterocycles. The van der Waals surface area contributed by atoms with Gasteiger partial charge in [-0.15, -0.1) is 0 Å². The van der Waals surface area contributed by atoms with Gasteiger partial charge < -0.3 is 97.4 Å². The van der Waals surface area contributed by atoms with Crippen molar-refractivity contribution < 1.29 is 80.2 Å². The van der Waals surface area contributed by atoms with Gasteiger partial charge in [0.05, 0.1) is 26.4 Å². The van der Waals surface area contributed by atoms with Crippen LogP contribution in [0.4, 0.5) is 17.5 Å². The Bertz CT molecular complexity index is 2390. The van der Waals surface area contributed by atoms with Crippen molar-refractivity contribution in [1.82, 2.24) is 38.2 Å². The van der Waals surface area contributed by atoms with Gasteiger partial charge in [-0.05, 0) is 18.2 Å². The Morgan fingerprint density at radius 1 is 0.426 bits per heavy atom. The van der Waals surface area contributed by atoms with Crippen LogP contribution in [0.1, 0.15) is 24.9 Å². The molecule has 0 amide bonds. The molecule has 4 aliphatic rings. The molecule has 0 radical (unpaired) electrons. The van der Waals surface area contributed by atoms with Crippen molar-refractivity contribution in [3.63, 3.8) is 0 Å². The van der Waals surface area contributed by atoms with Crippen molar-refractivity contribution in [2.24, 2.45) is 0 Å². The summed E-state index contributed by atoms with van der Waals surface area (Å²) in [5.74, 6) is 0.161. The lowest BCUT2D eigenvalue weighted by Crippen LogP contribution is -2.37. The highest BCUT2D eigenvalue weighted by atomic mass is 16.6. The monoisotopic (exact) mass is 973 g/mol. The lowest BCUT2D eigenvalue weighted by molar-refractivity contribution is -0.0550. The first kappa shape index (κ1) is 53.0. The van der Waals surface area contributed by atoms with Gasteiger partial charge in [0.2, 0.25) is 0 Å². The largest absolute Gasteiger partial charge is 0.394 e. The minimum atomic E-state index is -1.35. The number of aromatic nitrogens is 8. The van der Waals surface area contributed by atoms with E-state index in [0.29, 0.717) is 0 Å². The van der Waals surface area contributed by atoms with E-state index in [9.17, 15) is 64.8 Å². The minimum Gasteiger partial charge on any atom is -0.394 e. The van der Waals surface area contributed by atoms with Crippen LogP contribution in [0.15, 0.2) is 73.0 Å². The van der Waals surface area contributed by atoms with Crippen molar-refractivity contribution in [3.8, 4) is 0 Å². The Morgan fingerprint density at radius 3 is 0.897 bits per heavy atom. The molecule has 16 atom stereocenters. The zero-order valence-electron chi connectivity index (χ0n) is 35.1. The second kappa shape index (κ2) is 22.9. The molecule has 0 spiro atoms. The molecule has 0 bridgehead atoms. The number of H-pyrrole nitrogens is 1. The molecule has 4 aromatic heterocycles. The number of hydrogen-bond acceptors (Lipinski definition) is 27. The average molecular weight is 974 g/mol. The Balaban J connectivity index is 0.000000169. The number of aliphatic hydroxyl groups excluding tert-OH is 12. The predicted octanol–water partition coefficient (Wildman–Crippen LogP) is -10.5.